The van der Waals surface area contributed by atoms with E-state index in [9.17, 15) is 18.0 Å². The molecule has 0 fully saturated rings. The van der Waals surface area contributed by atoms with Crippen molar-refractivity contribution in [3.05, 3.63) is 23.8 Å². The normalized spacial score (nSPS) is 13.4. The van der Waals surface area contributed by atoms with Gasteiger partial charge >= 0.3 is 5.97 Å². The number of carbonyl (C=O) groups is 2. The highest BCUT2D eigenvalue weighted by atomic mass is 35.5. The number of nitrogens with two attached hydrogens (primary N) is 1. The van der Waals surface area contributed by atoms with Crippen LogP contribution >= 0.6 is 12.4 Å². The van der Waals surface area contributed by atoms with Crippen molar-refractivity contribution >= 4 is 39.8 Å². The summed E-state index contributed by atoms with van der Waals surface area (Å²) in [4.78, 5) is 23.5. The van der Waals surface area contributed by atoms with Crippen LogP contribution in [-0.2, 0) is 19.4 Å². The number of methoxy groups -OCH3 is 1. The minimum atomic E-state index is -3.55. The van der Waals surface area contributed by atoms with Crippen molar-refractivity contribution in [3.63, 3.8) is 0 Å². The molecule has 9 heteroatoms. The molecule has 0 aromatic heterocycles. The standard InChI is InChI=1S/C14H20N2O5S.ClH/c1-8(9(2)15)13(17)16-11-5-10(14(18)21-3)6-12(7-11)22(4,19)20;/h5-9H,15H2,1-4H3,(H,16,17);1H. The number of ether oxygens (including phenoxy) is 1. The Bertz CT molecular complexity index is 688. The van der Waals surface area contributed by atoms with Crippen LogP contribution in [0.4, 0.5) is 5.69 Å². The number of esters is 1. The van der Waals surface area contributed by atoms with E-state index in [1.807, 2.05) is 0 Å². The van der Waals surface area contributed by atoms with E-state index in [1.54, 1.807) is 13.8 Å². The van der Waals surface area contributed by atoms with Gasteiger partial charge in [0.05, 0.1) is 23.5 Å². The SMILES string of the molecule is COC(=O)c1cc(NC(=O)C(C)C(C)N)cc(S(C)(=O)=O)c1.Cl. The third-order valence-electron chi connectivity index (χ3n) is 3.23. The summed E-state index contributed by atoms with van der Waals surface area (Å²) in [5.41, 5.74) is 5.89. The van der Waals surface area contributed by atoms with Crippen LogP contribution in [0.3, 0.4) is 0 Å². The fraction of sp³-hybridized carbons (Fsp3) is 0.429. The van der Waals surface area contributed by atoms with E-state index in [0.717, 1.165) is 6.26 Å². The van der Waals surface area contributed by atoms with E-state index in [1.165, 1.54) is 25.3 Å². The molecule has 1 amide bonds. The number of hydrogen-bond acceptors (Lipinski definition) is 6. The average molecular weight is 365 g/mol. The van der Waals surface area contributed by atoms with Gasteiger partial charge in [0.15, 0.2) is 9.84 Å². The van der Waals surface area contributed by atoms with Gasteiger partial charge in [0, 0.05) is 18.0 Å². The first-order chi connectivity index (χ1) is 10.1. The van der Waals surface area contributed by atoms with E-state index in [4.69, 9.17) is 5.73 Å². The molecule has 23 heavy (non-hydrogen) atoms. The van der Waals surface area contributed by atoms with Crippen molar-refractivity contribution in [2.75, 3.05) is 18.7 Å². The topological polar surface area (TPSA) is 116 Å². The van der Waals surface area contributed by atoms with Crippen LogP contribution in [0.1, 0.15) is 24.2 Å². The van der Waals surface area contributed by atoms with Crippen LogP contribution in [0.15, 0.2) is 23.1 Å². The molecule has 7 nitrogen and oxygen atoms in total. The smallest absolute Gasteiger partial charge is 0.337 e. The number of halogens is 1. The second kappa shape index (κ2) is 8.28. The molecule has 0 aliphatic rings. The molecule has 1 rings (SSSR count). The Morgan fingerprint density at radius 2 is 1.78 bits per heavy atom. The van der Waals surface area contributed by atoms with Crippen LogP contribution < -0.4 is 11.1 Å². The molecular formula is C14H21ClN2O5S. The number of nitrogens with one attached hydrogen (secondary N) is 1. The van der Waals surface area contributed by atoms with Crippen molar-refractivity contribution in [3.8, 4) is 0 Å². The fourth-order valence-electron chi connectivity index (χ4n) is 1.62. The Morgan fingerprint density at radius 3 is 2.22 bits per heavy atom. The third kappa shape index (κ3) is 5.81. The van der Waals surface area contributed by atoms with Crippen LogP contribution in [0.5, 0.6) is 0 Å². The second-order valence-corrected chi connectivity index (χ2v) is 7.16. The van der Waals surface area contributed by atoms with Crippen LogP contribution in [-0.4, -0.2) is 39.7 Å². The molecular weight excluding hydrogens is 344 g/mol. The van der Waals surface area contributed by atoms with E-state index in [0.29, 0.717) is 0 Å². The summed E-state index contributed by atoms with van der Waals surface area (Å²) in [5, 5.41) is 2.56. The number of carbonyl (C=O) groups excluding carboxylic acids is 2. The van der Waals surface area contributed by atoms with Gasteiger partial charge in [0.2, 0.25) is 5.91 Å². The largest absolute Gasteiger partial charge is 0.465 e. The van der Waals surface area contributed by atoms with Crippen LogP contribution in [0.25, 0.3) is 0 Å². The molecule has 0 saturated heterocycles. The third-order valence-corrected chi connectivity index (χ3v) is 4.32. The molecule has 2 atom stereocenters. The fourth-order valence-corrected chi connectivity index (χ4v) is 2.30. The molecule has 0 heterocycles. The number of rotatable bonds is 5. The maximum absolute atomic E-state index is 12.0. The molecule has 3 N–H and O–H groups in total. The molecule has 0 bridgehead atoms. The van der Waals surface area contributed by atoms with Crippen molar-refractivity contribution in [1.82, 2.24) is 0 Å². The van der Waals surface area contributed by atoms with Gasteiger partial charge in [0.25, 0.3) is 0 Å². The van der Waals surface area contributed by atoms with Gasteiger partial charge in [-0.15, -0.1) is 12.4 Å². The Labute approximate surface area is 141 Å². The van der Waals surface area contributed by atoms with E-state index < -0.39 is 21.7 Å². The van der Waals surface area contributed by atoms with Gasteiger partial charge in [-0.25, -0.2) is 13.2 Å². The zero-order valence-electron chi connectivity index (χ0n) is 13.3. The summed E-state index contributed by atoms with van der Waals surface area (Å²) in [6.07, 6.45) is 1.01. The molecule has 0 aliphatic carbocycles. The highest BCUT2D eigenvalue weighted by Crippen LogP contribution is 2.20. The molecule has 1 aromatic rings. The highest BCUT2D eigenvalue weighted by molar-refractivity contribution is 7.90. The first-order valence-electron chi connectivity index (χ1n) is 6.56. The number of benzene rings is 1. The lowest BCUT2D eigenvalue weighted by atomic mass is 10.0. The monoisotopic (exact) mass is 364 g/mol. The predicted molar refractivity (Wildman–Crippen MR) is 89.6 cm³/mol. The first-order valence-corrected chi connectivity index (χ1v) is 8.45. The minimum Gasteiger partial charge on any atom is -0.465 e. The zero-order valence-corrected chi connectivity index (χ0v) is 15.0. The number of sulfone groups is 1. The van der Waals surface area contributed by atoms with Gasteiger partial charge < -0.3 is 15.8 Å². The first kappa shape index (κ1) is 21.4. The maximum Gasteiger partial charge on any atom is 0.337 e. The Hall–Kier alpha value is -1.64. The summed E-state index contributed by atoms with van der Waals surface area (Å²) in [5.74, 6) is -1.53. The predicted octanol–water partition coefficient (Wildman–Crippen LogP) is 1.22. The molecule has 0 spiro atoms. The van der Waals surface area contributed by atoms with Gasteiger partial charge in [-0.1, -0.05) is 6.92 Å². The van der Waals surface area contributed by atoms with E-state index >= 15 is 0 Å². The van der Waals surface area contributed by atoms with Gasteiger partial charge in [-0.05, 0) is 25.1 Å². The highest BCUT2D eigenvalue weighted by Gasteiger charge is 2.19. The Morgan fingerprint density at radius 1 is 1.22 bits per heavy atom. The molecule has 1 aromatic carbocycles. The second-order valence-electron chi connectivity index (χ2n) is 5.15. The molecule has 0 saturated carbocycles. The lowest BCUT2D eigenvalue weighted by Gasteiger charge is -2.16. The van der Waals surface area contributed by atoms with Gasteiger partial charge in [0.1, 0.15) is 0 Å². The van der Waals surface area contributed by atoms with Crippen molar-refractivity contribution in [1.29, 1.82) is 0 Å². The lowest BCUT2D eigenvalue weighted by molar-refractivity contribution is -0.119. The molecule has 0 radical (unpaired) electrons. The van der Waals surface area contributed by atoms with Crippen molar-refractivity contribution in [2.24, 2.45) is 11.7 Å². The number of hydrogen-bond donors (Lipinski definition) is 2. The maximum atomic E-state index is 12.0. The summed E-state index contributed by atoms with van der Waals surface area (Å²) in [7, 11) is -2.36. The number of anilines is 1. The van der Waals surface area contributed by atoms with E-state index in [-0.39, 0.29) is 40.5 Å². The van der Waals surface area contributed by atoms with Crippen LogP contribution in [0, 0.1) is 5.92 Å². The lowest BCUT2D eigenvalue weighted by Crippen LogP contribution is -2.34. The summed E-state index contributed by atoms with van der Waals surface area (Å²) < 4.78 is 28.0. The Kier molecular flexibility index (Phi) is 7.69. The zero-order chi connectivity index (χ0) is 17.1. The molecule has 0 aliphatic heterocycles. The van der Waals surface area contributed by atoms with Crippen LogP contribution in [0.2, 0.25) is 0 Å². The van der Waals surface area contributed by atoms with Gasteiger partial charge in [-0.3, -0.25) is 4.79 Å². The quantitative estimate of drug-likeness (QED) is 0.759. The van der Waals surface area contributed by atoms with Gasteiger partial charge in [-0.2, -0.15) is 0 Å². The average Bonchev–Trinajstić information content (AvgIpc) is 2.43. The Balaban J connectivity index is 0.00000484. The number of amides is 1. The summed E-state index contributed by atoms with van der Waals surface area (Å²) in [6.45, 7) is 3.35. The summed E-state index contributed by atoms with van der Waals surface area (Å²) >= 11 is 0. The van der Waals surface area contributed by atoms with E-state index in [2.05, 4.69) is 10.1 Å². The molecule has 130 valence electrons. The summed E-state index contributed by atoms with van der Waals surface area (Å²) in [6, 6.07) is 3.48. The molecule has 2 unspecified atom stereocenters. The van der Waals surface area contributed by atoms with Crippen molar-refractivity contribution < 1.29 is 22.7 Å². The van der Waals surface area contributed by atoms with Crippen molar-refractivity contribution in [2.45, 2.75) is 24.8 Å². The minimum absolute atomic E-state index is 0.